The van der Waals surface area contributed by atoms with Crippen molar-refractivity contribution in [2.45, 2.75) is 43.6 Å². The van der Waals surface area contributed by atoms with E-state index in [0.717, 1.165) is 47.5 Å². The lowest BCUT2D eigenvalue weighted by Crippen LogP contribution is -2.40. The van der Waals surface area contributed by atoms with Crippen molar-refractivity contribution in [3.05, 3.63) is 60.3 Å². The van der Waals surface area contributed by atoms with Crippen molar-refractivity contribution >= 4 is 21.7 Å². The van der Waals surface area contributed by atoms with E-state index in [-0.39, 0.29) is 12.0 Å². The second-order valence-electron chi connectivity index (χ2n) is 9.44. The van der Waals surface area contributed by atoms with Gasteiger partial charge in [-0.25, -0.2) is 4.68 Å². The van der Waals surface area contributed by atoms with Crippen LogP contribution in [0.5, 0.6) is 5.75 Å². The van der Waals surface area contributed by atoms with E-state index in [1.807, 2.05) is 47.1 Å². The highest BCUT2D eigenvalue weighted by atomic mass is 32.3. The normalized spacial score (nSPS) is 23.4. The Labute approximate surface area is 193 Å². The van der Waals surface area contributed by atoms with Crippen LogP contribution >= 0.6 is 0 Å². The molecule has 1 spiro atoms. The van der Waals surface area contributed by atoms with Crippen LogP contribution in [0.25, 0.3) is 16.9 Å². The molecular formula is C25H28N4O3S. The van der Waals surface area contributed by atoms with E-state index in [4.69, 9.17) is 9.52 Å². The summed E-state index contributed by atoms with van der Waals surface area (Å²) in [6.45, 7) is 0. The molecule has 33 heavy (non-hydrogen) atoms. The summed E-state index contributed by atoms with van der Waals surface area (Å²) in [5.41, 5.74) is 4.23. The van der Waals surface area contributed by atoms with Gasteiger partial charge < -0.3 is 14.6 Å². The van der Waals surface area contributed by atoms with Crippen molar-refractivity contribution in [1.29, 1.82) is 4.78 Å². The molecule has 1 aliphatic carbocycles. The molecule has 3 aromatic rings. The number of amides is 1. The van der Waals surface area contributed by atoms with Crippen LogP contribution in [-0.4, -0.2) is 37.9 Å². The Kier molecular flexibility index (Phi) is 4.71. The van der Waals surface area contributed by atoms with Gasteiger partial charge in [0.25, 0.3) is 0 Å². The molecule has 2 aromatic carbocycles. The number of carbonyl (C=O) groups excluding carboxylic acids is 1. The number of fused-ring (bicyclic) bond motifs is 2. The number of para-hydroxylation sites is 1. The Morgan fingerprint density at radius 1 is 1.15 bits per heavy atom. The quantitative estimate of drug-likeness (QED) is 0.425. The van der Waals surface area contributed by atoms with E-state index in [2.05, 4.69) is 16.5 Å². The molecule has 0 bridgehead atoms. The lowest BCUT2D eigenvalue weighted by molar-refractivity contribution is -0.123. The smallest absolute Gasteiger partial charge is 0.235 e. The van der Waals surface area contributed by atoms with Gasteiger partial charge in [-0.3, -0.25) is 9.57 Å². The zero-order chi connectivity index (χ0) is 22.6. The topological polar surface area (TPSA) is 100 Å². The first-order valence-electron chi connectivity index (χ1n) is 11.6. The minimum Gasteiger partial charge on any atom is -0.488 e. The molecule has 2 fully saturated rings. The van der Waals surface area contributed by atoms with Gasteiger partial charge in [0, 0.05) is 17.1 Å². The number of ether oxygens (including phenoxy) is 1. The summed E-state index contributed by atoms with van der Waals surface area (Å²) in [4.78, 5) is 13.0. The Balaban J connectivity index is 1.44. The summed E-state index contributed by atoms with van der Waals surface area (Å²) in [7, 11) is -2.52. The third-order valence-corrected chi connectivity index (χ3v) is 9.37. The summed E-state index contributed by atoms with van der Waals surface area (Å²) in [6.07, 6.45) is 5.80. The average molecular weight is 465 g/mol. The van der Waals surface area contributed by atoms with Crippen LogP contribution in [0.1, 0.15) is 37.7 Å². The molecule has 3 heterocycles. The molecule has 172 valence electrons. The van der Waals surface area contributed by atoms with Crippen LogP contribution in [-0.2, 0) is 20.3 Å². The highest BCUT2D eigenvalue weighted by molar-refractivity contribution is 7.98. The van der Waals surface area contributed by atoms with Crippen molar-refractivity contribution < 1.29 is 14.1 Å². The summed E-state index contributed by atoms with van der Waals surface area (Å²) in [5.74, 6) is 1.74. The minimum atomic E-state index is -2.52. The third-order valence-electron chi connectivity index (χ3n) is 7.37. The van der Waals surface area contributed by atoms with E-state index in [1.54, 1.807) is 6.20 Å². The molecule has 3 aliphatic rings. The highest BCUT2D eigenvalue weighted by Crippen LogP contribution is 2.55. The fourth-order valence-corrected chi connectivity index (χ4v) is 6.96. The molecule has 0 unspecified atom stereocenters. The van der Waals surface area contributed by atoms with Crippen molar-refractivity contribution in [2.75, 3.05) is 16.8 Å². The minimum absolute atomic E-state index is 0.0659. The van der Waals surface area contributed by atoms with Gasteiger partial charge in [0.05, 0.1) is 28.7 Å². The first kappa shape index (κ1) is 20.6. The molecule has 1 amide bonds. The summed E-state index contributed by atoms with van der Waals surface area (Å²) >= 11 is 0. The summed E-state index contributed by atoms with van der Waals surface area (Å²) in [6, 6.07) is 16.1. The number of hydrogen-bond acceptors (Lipinski definition) is 4. The Morgan fingerprint density at radius 3 is 2.61 bits per heavy atom. The maximum atomic E-state index is 13.0. The van der Waals surface area contributed by atoms with Crippen LogP contribution in [0.15, 0.2) is 54.7 Å². The van der Waals surface area contributed by atoms with Crippen LogP contribution < -0.4 is 10.1 Å². The molecule has 8 heteroatoms. The van der Waals surface area contributed by atoms with E-state index in [1.165, 1.54) is 0 Å². The Morgan fingerprint density at radius 2 is 1.91 bits per heavy atom. The molecule has 0 atom stereocenters. The van der Waals surface area contributed by atoms with Crippen LogP contribution in [0.3, 0.4) is 0 Å². The second kappa shape index (κ2) is 7.53. The zero-order valence-electron chi connectivity index (χ0n) is 18.3. The van der Waals surface area contributed by atoms with Crippen molar-refractivity contribution in [2.24, 2.45) is 0 Å². The maximum absolute atomic E-state index is 13.0. The lowest BCUT2D eigenvalue weighted by atomic mass is 9.65. The molecule has 1 saturated heterocycles. The molecule has 2 aliphatic heterocycles. The van der Waals surface area contributed by atoms with Crippen LogP contribution in [0.4, 0.5) is 5.69 Å². The number of carbonyl (C=O) groups is 1. The van der Waals surface area contributed by atoms with Crippen molar-refractivity contribution in [1.82, 2.24) is 9.78 Å². The number of anilines is 1. The monoisotopic (exact) mass is 464 g/mol. The molecule has 0 radical (unpaired) electrons. The second-order valence-corrected chi connectivity index (χ2v) is 12.2. The number of nitrogens with one attached hydrogen (secondary N) is 2. The molecule has 7 nitrogen and oxygen atoms in total. The SMILES string of the molecule is N=[SH]1(O)CCC(Oc2cc(-c3ccnn3-c3ccccc3)cc3c2NC(=O)C32CCC2)CC1. The van der Waals surface area contributed by atoms with Gasteiger partial charge in [-0.1, -0.05) is 24.6 Å². The molecule has 6 rings (SSSR count). The Bertz CT molecular complexity index is 1270. The van der Waals surface area contributed by atoms with Crippen molar-refractivity contribution in [3.63, 3.8) is 0 Å². The van der Waals surface area contributed by atoms with Crippen LogP contribution in [0, 0.1) is 4.78 Å². The van der Waals surface area contributed by atoms with E-state index < -0.39 is 15.5 Å². The predicted molar refractivity (Wildman–Crippen MR) is 131 cm³/mol. The zero-order valence-corrected chi connectivity index (χ0v) is 19.2. The van der Waals surface area contributed by atoms with Gasteiger partial charge >= 0.3 is 0 Å². The molecule has 1 aromatic heterocycles. The van der Waals surface area contributed by atoms with Gasteiger partial charge in [0.2, 0.25) is 5.91 Å². The van der Waals surface area contributed by atoms with Crippen LogP contribution in [0.2, 0.25) is 0 Å². The fraction of sp³-hybridized carbons (Fsp3) is 0.360. The average Bonchev–Trinajstić information content (AvgIpc) is 3.38. The highest BCUT2D eigenvalue weighted by Gasteiger charge is 2.52. The van der Waals surface area contributed by atoms with Gasteiger partial charge in [0.15, 0.2) is 0 Å². The van der Waals surface area contributed by atoms with E-state index in [0.29, 0.717) is 30.1 Å². The predicted octanol–water partition coefficient (Wildman–Crippen LogP) is 4.58. The third kappa shape index (κ3) is 3.40. The number of nitrogens with zero attached hydrogens (tertiary/aromatic N) is 2. The molecular weight excluding hydrogens is 436 g/mol. The number of hydrogen-bond donors (Lipinski definition) is 4. The lowest BCUT2D eigenvalue weighted by Gasteiger charge is -2.36. The number of rotatable bonds is 4. The van der Waals surface area contributed by atoms with Gasteiger partial charge in [-0.05, 0) is 61.6 Å². The Hall–Kier alpha value is -2.97. The van der Waals surface area contributed by atoms with E-state index in [9.17, 15) is 9.35 Å². The van der Waals surface area contributed by atoms with Gasteiger partial charge in [-0.15, -0.1) is 10.1 Å². The van der Waals surface area contributed by atoms with Gasteiger partial charge in [0.1, 0.15) is 11.9 Å². The first-order valence-corrected chi connectivity index (χ1v) is 13.7. The molecule has 3 N–H and O–H groups in total. The molecule has 1 saturated carbocycles. The maximum Gasteiger partial charge on any atom is 0.235 e. The van der Waals surface area contributed by atoms with Gasteiger partial charge in [-0.2, -0.15) is 5.10 Å². The largest absolute Gasteiger partial charge is 0.488 e. The number of aromatic nitrogens is 2. The fourth-order valence-electron chi connectivity index (χ4n) is 5.31. The number of thiol groups is 1. The number of benzene rings is 2. The summed E-state index contributed by atoms with van der Waals surface area (Å²) in [5, 5.41) is 7.67. The first-order chi connectivity index (χ1) is 16.0. The van der Waals surface area contributed by atoms with Crippen molar-refractivity contribution in [3.8, 4) is 22.7 Å². The van der Waals surface area contributed by atoms with E-state index >= 15 is 0 Å². The summed E-state index contributed by atoms with van der Waals surface area (Å²) < 4.78 is 26.5. The standard InChI is InChI=1S/C25H28N4O3S/c26-33(31)13-8-19(9-14-33)32-22-16-17(15-20-23(22)28-24(30)25(20)10-4-11-25)21-7-12-27-29(21)18-5-2-1-3-6-18/h1-3,5-7,12,15-16,19,33H,4,8-11,13-14H2,(H2,26,31)(H,28,30).